The maximum atomic E-state index is 11.4. The number of hydrogen-bond donors (Lipinski definition) is 2. The summed E-state index contributed by atoms with van der Waals surface area (Å²) in [5.41, 5.74) is 5.72. The molecule has 3 N–H and O–H groups in total. The summed E-state index contributed by atoms with van der Waals surface area (Å²) in [5, 5.41) is 2.85. The van der Waals surface area contributed by atoms with Gasteiger partial charge in [0.05, 0.1) is 6.04 Å². The summed E-state index contributed by atoms with van der Waals surface area (Å²) in [6.07, 6.45) is 3.84. The second kappa shape index (κ2) is 8.12. The minimum atomic E-state index is -0.343. The van der Waals surface area contributed by atoms with Crippen LogP contribution in [0.15, 0.2) is 0 Å². The molecule has 3 nitrogen and oxygen atoms in total. The topological polar surface area (TPSA) is 55.1 Å². The van der Waals surface area contributed by atoms with Gasteiger partial charge in [0, 0.05) is 6.54 Å². The molecule has 84 valence electrons. The van der Waals surface area contributed by atoms with Crippen molar-refractivity contribution >= 4 is 17.7 Å². The maximum Gasteiger partial charge on any atom is 0.236 e. The fraction of sp³-hybridized carbons (Fsp3) is 0.900. The molecule has 0 fully saturated rings. The van der Waals surface area contributed by atoms with Gasteiger partial charge >= 0.3 is 0 Å². The first-order valence-corrected chi connectivity index (χ1v) is 6.49. The van der Waals surface area contributed by atoms with Crippen molar-refractivity contribution in [3.63, 3.8) is 0 Å². The van der Waals surface area contributed by atoms with Gasteiger partial charge < -0.3 is 11.1 Å². The summed E-state index contributed by atoms with van der Waals surface area (Å²) >= 11 is 1.79. The number of carbonyl (C=O) groups excluding carboxylic acids is 1. The zero-order valence-electron chi connectivity index (χ0n) is 9.38. The van der Waals surface area contributed by atoms with E-state index in [1.54, 1.807) is 11.8 Å². The summed E-state index contributed by atoms with van der Waals surface area (Å²) in [6.45, 7) is 4.88. The first-order chi connectivity index (χ1) is 6.57. The van der Waals surface area contributed by atoms with Crippen LogP contribution in [0.1, 0.15) is 26.7 Å². The lowest BCUT2D eigenvalue weighted by Crippen LogP contribution is -2.41. The van der Waals surface area contributed by atoms with Crippen LogP contribution in [0, 0.1) is 5.92 Å². The Morgan fingerprint density at radius 3 is 2.64 bits per heavy atom. The lowest BCUT2D eigenvalue weighted by molar-refractivity contribution is -0.122. The van der Waals surface area contributed by atoms with E-state index in [-0.39, 0.29) is 11.9 Å². The Hall–Kier alpha value is -0.220. The van der Waals surface area contributed by atoms with Crippen molar-refractivity contribution in [3.05, 3.63) is 0 Å². The van der Waals surface area contributed by atoms with Gasteiger partial charge in [0.15, 0.2) is 0 Å². The predicted octanol–water partition coefficient (Wildman–Crippen LogP) is 1.23. The highest BCUT2D eigenvalue weighted by Gasteiger charge is 2.13. The quantitative estimate of drug-likeness (QED) is 0.632. The molecule has 0 heterocycles. The fourth-order valence-electron chi connectivity index (χ4n) is 1.17. The average Bonchev–Trinajstić information content (AvgIpc) is 2.11. The first kappa shape index (κ1) is 13.8. The summed E-state index contributed by atoms with van der Waals surface area (Å²) in [5.74, 6) is 1.54. The van der Waals surface area contributed by atoms with Crippen molar-refractivity contribution < 1.29 is 4.79 Å². The summed E-state index contributed by atoms with van der Waals surface area (Å²) in [7, 11) is 0. The van der Waals surface area contributed by atoms with Crippen molar-refractivity contribution in [1.82, 2.24) is 5.32 Å². The highest BCUT2D eigenvalue weighted by atomic mass is 32.2. The molecular formula is C10H22N2OS. The highest BCUT2D eigenvalue weighted by molar-refractivity contribution is 7.98. The molecule has 0 aromatic carbocycles. The van der Waals surface area contributed by atoms with Crippen molar-refractivity contribution in [3.8, 4) is 0 Å². The number of nitrogens with one attached hydrogen (secondary N) is 1. The Bertz CT molecular complexity index is 162. The monoisotopic (exact) mass is 218 g/mol. The van der Waals surface area contributed by atoms with E-state index >= 15 is 0 Å². The van der Waals surface area contributed by atoms with Gasteiger partial charge in [0.2, 0.25) is 5.91 Å². The minimum Gasteiger partial charge on any atom is -0.355 e. The molecular weight excluding hydrogens is 196 g/mol. The summed E-state index contributed by atoms with van der Waals surface area (Å²) in [4.78, 5) is 11.4. The normalized spacial score (nSPS) is 12.9. The smallest absolute Gasteiger partial charge is 0.236 e. The van der Waals surface area contributed by atoms with Crippen LogP contribution in [0.3, 0.4) is 0 Å². The molecule has 14 heavy (non-hydrogen) atoms. The molecule has 0 radical (unpaired) electrons. The molecule has 0 saturated carbocycles. The average molecular weight is 218 g/mol. The Kier molecular flexibility index (Phi) is 7.99. The molecule has 1 atom stereocenters. The summed E-state index contributed by atoms with van der Waals surface area (Å²) in [6, 6.07) is -0.343. The second-order valence-corrected chi connectivity index (χ2v) is 4.86. The van der Waals surface area contributed by atoms with Gasteiger partial charge in [-0.2, -0.15) is 11.8 Å². The van der Waals surface area contributed by atoms with Gasteiger partial charge in [-0.1, -0.05) is 13.8 Å². The number of carbonyl (C=O) groups is 1. The van der Waals surface area contributed by atoms with Crippen molar-refractivity contribution in [1.29, 1.82) is 0 Å². The molecule has 0 aromatic rings. The van der Waals surface area contributed by atoms with Crippen molar-refractivity contribution in [2.45, 2.75) is 32.7 Å². The number of rotatable bonds is 7. The lowest BCUT2D eigenvalue weighted by atomic mass is 10.0. The molecule has 1 unspecified atom stereocenters. The van der Waals surface area contributed by atoms with Gasteiger partial charge in [-0.15, -0.1) is 0 Å². The first-order valence-electron chi connectivity index (χ1n) is 5.10. The van der Waals surface area contributed by atoms with Crippen LogP contribution in [0.2, 0.25) is 0 Å². The van der Waals surface area contributed by atoms with Crippen molar-refractivity contribution in [2.75, 3.05) is 18.6 Å². The number of nitrogens with two attached hydrogens (primary N) is 1. The van der Waals surface area contributed by atoms with Crippen LogP contribution in [0.5, 0.6) is 0 Å². The standard InChI is InChI=1S/C10H22N2OS/c1-8(2)7-9(11)10(13)12-5-4-6-14-3/h8-9H,4-7,11H2,1-3H3,(H,12,13). The van der Waals surface area contributed by atoms with E-state index in [1.165, 1.54) is 0 Å². The molecule has 0 aliphatic heterocycles. The van der Waals surface area contributed by atoms with Crippen LogP contribution in [-0.4, -0.2) is 30.5 Å². The molecule has 0 bridgehead atoms. The number of thioether (sulfide) groups is 1. The van der Waals surface area contributed by atoms with Crippen LogP contribution >= 0.6 is 11.8 Å². The highest BCUT2D eigenvalue weighted by Crippen LogP contribution is 2.02. The largest absolute Gasteiger partial charge is 0.355 e. The Morgan fingerprint density at radius 1 is 1.50 bits per heavy atom. The van der Waals surface area contributed by atoms with E-state index in [4.69, 9.17) is 5.73 Å². The van der Waals surface area contributed by atoms with Crippen LogP contribution in [0.25, 0.3) is 0 Å². The van der Waals surface area contributed by atoms with E-state index in [2.05, 4.69) is 25.4 Å². The van der Waals surface area contributed by atoms with E-state index in [0.717, 1.165) is 25.1 Å². The van der Waals surface area contributed by atoms with Gasteiger partial charge in [-0.25, -0.2) is 0 Å². The molecule has 0 spiro atoms. The van der Waals surface area contributed by atoms with E-state index < -0.39 is 0 Å². The third-order valence-electron chi connectivity index (χ3n) is 1.89. The van der Waals surface area contributed by atoms with Crippen LogP contribution in [-0.2, 0) is 4.79 Å². The van der Waals surface area contributed by atoms with Crippen LogP contribution < -0.4 is 11.1 Å². The van der Waals surface area contributed by atoms with E-state index in [1.807, 2.05) is 0 Å². The van der Waals surface area contributed by atoms with E-state index in [0.29, 0.717) is 5.92 Å². The van der Waals surface area contributed by atoms with Crippen LogP contribution in [0.4, 0.5) is 0 Å². The van der Waals surface area contributed by atoms with Gasteiger partial charge in [0.1, 0.15) is 0 Å². The number of hydrogen-bond acceptors (Lipinski definition) is 3. The minimum absolute atomic E-state index is 0.0141. The SMILES string of the molecule is CSCCCNC(=O)C(N)CC(C)C. The van der Waals surface area contributed by atoms with Crippen molar-refractivity contribution in [2.24, 2.45) is 11.7 Å². The molecule has 0 rings (SSSR count). The van der Waals surface area contributed by atoms with Gasteiger partial charge in [-0.3, -0.25) is 4.79 Å². The van der Waals surface area contributed by atoms with Gasteiger partial charge in [0.25, 0.3) is 0 Å². The molecule has 4 heteroatoms. The Morgan fingerprint density at radius 2 is 2.14 bits per heavy atom. The van der Waals surface area contributed by atoms with E-state index in [9.17, 15) is 4.79 Å². The lowest BCUT2D eigenvalue weighted by Gasteiger charge is -2.13. The zero-order chi connectivity index (χ0) is 11.0. The second-order valence-electron chi connectivity index (χ2n) is 3.87. The number of amides is 1. The van der Waals surface area contributed by atoms with Gasteiger partial charge in [-0.05, 0) is 30.8 Å². The maximum absolute atomic E-state index is 11.4. The molecule has 0 saturated heterocycles. The molecule has 0 aliphatic rings. The predicted molar refractivity (Wildman–Crippen MR) is 63.4 cm³/mol. The zero-order valence-corrected chi connectivity index (χ0v) is 10.2. The Labute approximate surface area is 91.2 Å². The molecule has 0 aromatic heterocycles. The third-order valence-corrected chi connectivity index (χ3v) is 2.58. The fourth-order valence-corrected chi connectivity index (χ4v) is 1.61. The summed E-state index contributed by atoms with van der Waals surface area (Å²) < 4.78 is 0. The third kappa shape index (κ3) is 7.21. The Balaban J connectivity index is 3.52. The molecule has 1 amide bonds. The molecule has 0 aliphatic carbocycles.